The van der Waals surface area contributed by atoms with Crippen LogP contribution in [0.5, 0.6) is 0 Å². The third-order valence-corrected chi connectivity index (χ3v) is 3.69. The molecular weight excluding hydrogens is 276 g/mol. The van der Waals surface area contributed by atoms with Gasteiger partial charge in [-0.25, -0.2) is 0 Å². The summed E-state index contributed by atoms with van der Waals surface area (Å²) in [7, 11) is 0. The first-order chi connectivity index (χ1) is 9.59. The third-order valence-electron chi connectivity index (χ3n) is 3.37. The summed E-state index contributed by atoms with van der Waals surface area (Å²) in [6.07, 6.45) is 1.67. The molecule has 0 N–H and O–H groups in total. The van der Waals surface area contributed by atoms with Gasteiger partial charge in [-0.1, -0.05) is 23.7 Å². The number of fused-ring (bicyclic) bond motifs is 1. The zero-order chi connectivity index (χ0) is 14.3. The van der Waals surface area contributed by atoms with Gasteiger partial charge in [-0.15, -0.1) is 0 Å². The van der Waals surface area contributed by atoms with E-state index in [9.17, 15) is 9.59 Å². The molecule has 1 amide bonds. The van der Waals surface area contributed by atoms with Crippen LogP contribution < -0.4 is 4.90 Å². The smallest absolute Gasteiger partial charge is 0.299 e. The summed E-state index contributed by atoms with van der Waals surface area (Å²) in [6, 6.07) is 8.82. The van der Waals surface area contributed by atoms with Gasteiger partial charge in [0.1, 0.15) is 0 Å². The first-order valence-electron chi connectivity index (χ1n) is 6.15. The fourth-order valence-corrected chi connectivity index (χ4v) is 2.55. The van der Waals surface area contributed by atoms with Gasteiger partial charge in [0.2, 0.25) is 0 Å². The Morgan fingerprint density at radius 3 is 2.75 bits per heavy atom. The van der Waals surface area contributed by atoms with Crippen LogP contribution in [-0.4, -0.2) is 16.7 Å². The van der Waals surface area contributed by atoms with Crippen molar-refractivity contribution in [3.8, 4) is 0 Å². The molecule has 2 aromatic rings. The number of carbonyl (C=O) groups excluding carboxylic acids is 2. The van der Waals surface area contributed by atoms with Crippen LogP contribution in [0.15, 0.2) is 36.5 Å². The molecule has 100 valence electrons. The van der Waals surface area contributed by atoms with E-state index in [1.807, 2.05) is 19.1 Å². The SMILES string of the molecule is Cc1cccnc1CN1C(=O)C(=O)c2c(Cl)cccc21. The Labute approximate surface area is 121 Å². The van der Waals surface area contributed by atoms with Crippen LogP contribution in [0.25, 0.3) is 0 Å². The topological polar surface area (TPSA) is 50.3 Å². The standard InChI is InChI=1S/C15H11ClN2O2/c1-9-4-3-7-17-11(9)8-18-12-6-2-5-10(16)13(12)14(19)15(18)20/h2-7H,8H2,1H3. The van der Waals surface area contributed by atoms with E-state index >= 15 is 0 Å². The molecule has 1 aromatic carbocycles. The van der Waals surface area contributed by atoms with Gasteiger partial charge in [0.15, 0.2) is 0 Å². The largest absolute Gasteiger partial charge is 0.299 e. The summed E-state index contributed by atoms with van der Waals surface area (Å²) in [5.74, 6) is -1.11. The molecule has 0 atom stereocenters. The van der Waals surface area contributed by atoms with Crippen LogP contribution in [0.2, 0.25) is 5.02 Å². The van der Waals surface area contributed by atoms with Gasteiger partial charge in [-0.05, 0) is 30.7 Å². The number of carbonyl (C=O) groups is 2. The number of ketones is 1. The lowest BCUT2D eigenvalue weighted by atomic mass is 10.1. The first-order valence-corrected chi connectivity index (χ1v) is 6.52. The molecule has 2 heterocycles. The number of nitrogens with zero attached hydrogens (tertiary/aromatic N) is 2. The minimum atomic E-state index is -0.557. The van der Waals surface area contributed by atoms with Crippen molar-refractivity contribution in [3.63, 3.8) is 0 Å². The van der Waals surface area contributed by atoms with E-state index in [-0.39, 0.29) is 12.1 Å². The maximum Gasteiger partial charge on any atom is 0.299 e. The minimum absolute atomic E-state index is 0.268. The summed E-state index contributed by atoms with van der Waals surface area (Å²) in [6.45, 7) is 2.19. The molecule has 1 aliphatic rings. The van der Waals surface area contributed by atoms with Crippen molar-refractivity contribution in [1.82, 2.24) is 4.98 Å². The van der Waals surface area contributed by atoms with Crippen molar-refractivity contribution in [2.75, 3.05) is 4.90 Å². The second-order valence-corrected chi connectivity index (χ2v) is 5.03. The van der Waals surface area contributed by atoms with Crippen molar-refractivity contribution in [2.45, 2.75) is 13.5 Å². The predicted octanol–water partition coefficient (Wildman–Crippen LogP) is 2.77. The summed E-state index contributed by atoms with van der Waals surface area (Å²) in [5, 5.41) is 0.307. The second-order valence-electron chi connectivity index (χ2n) is 4.62. The molecule has 0 spiro atoms. The number of pyridine rings is 1. The Bertz CT molecular complexity index is 728. The summed E-state index contributed by atoms with van der Waals surface area (Å²) < 4.78 is 0. The second kappa shape index (κ2) is 4.72. The van der Waals surface area contributed by atoms with Crippen LogP contribution in [0, 0.1) is 6.92 Å². The third kappa shape index (κ3) is 1.89. The van der Waals surface area contributed by atoms with Gasteiger partial charge in [-0.2, -0.15) is 0 Å². The molecule has 0 radical (unpaired) electrons. The van der Waals surface area contributed by atoms with Crippen molar-refractivity contribution in [2.24, 2.45) is 0 Å². The lowest BCUT2D eigenvalue weighted by molar-refractivity contribution is -0.114. The molecule has 0 bridgehead atoms. The molecule has 0 saturated carbocycles. The highest BCUT2D eigenvalue weighted by Crippen LogP contribution is 2.34. The first kappa shape index (κ1) is 12.8. The van der Waals surface area contributed by atoms with E-state index in [0.29, 0.717) is 10.7 Å². The minimum Gasteiger partial charge on any atom is -0.299 e. The molecule has 3 rings (SSSR count). The van der Waals surface area contributed by atoms with Crippen LogP contribution in [0.3, 0.4) is 0 Å². The van der Waals surface area contributed by atoms with Crippen LogP contribution >= 0.6 is 11.6 Å². The van der Waals surface area contributed by atoms with E-state index < -0.39 is 11.7 Å². The van der Waals surface area contributed by atoms with E-state index in [1.54, 1.807) is 24.4 Å². The normalized spacial score (nSPS) is 13.8. The predicted molar refractivity (Wildman–Crippen MR) is 75.9 cm³/mol. The van der Waals surface area contributed by atoms with Gasteiger partial charge in [0.25, 0.3) is 11.7 Å². The fraction of sp³-hybridized carbons (Fsp3) is 0.133. The summed E-state index contributed by atoms with van der Waals surface area (Å²) in [5.41, 5.74) is 2.58. The Kier molecular flexibility index (Phi) is 3.03. The zero-order valence-corrected chi connectivity index (χ0v) is 11.5. The van der Waals surface area contributed by atoms with Gasteiger partial charge >= 0.3 is 0 Å². The monoisotopic (exact) mass is 286 g/mol. The van der Waals surface area contributed by atoms with E-state index in [2.05, 4.69) is 4.98 Å². The van der Waals surface area contributed by atoms with Crippen LogP contribution in [0.1, 0.15) is 21.6 Å². The van der Waals surface area contributed by atoms with Gasteiger partial charge in [0.05, 0.1) is 28.5 Å². The molecule has 1 aliphatic heterocycles. The van der Waals surface area contributed by atoms with Crippen LogP contribution in [-0.2, 0) is 11.3 Å². The highest BCUT2D eigenvalue weighted by molar-refractivity contribution is 6.55. The number of aromatic nitrogens is 1. The van der Waals surface area contributed by atoms with Crippen molar-refractivity contribution in [3.05, 3.63) is 58.4 Å². The Balaban J connectivity index is 2.04. The van der Waals surface area contributed by atoms with Crippen LogP contribution in [0.4, 0.5) is 5.69 Å². The Hall–Kier alpha value is -2.20. The lowest BCUT2D eigenvalue weighted by Crippen LogP contribution is -2.29. The molecule has 0 saturated heterocycles. The highest BCUT2D eigenvalue weighted by atomic mass is 35.5. The number of hydrogen-bond donors (Lipinski definition) is 0. The number of halogens is 1. The number of aryl methyl sites for hydroxylation is 1. The Morgan fingerprint density at radius 1 is 1.20 bits per heavy atom. The molecule has 0 unspecified atom stereocenters. The number of hydrogen-bond acceptors (Lipinski definition) is 3. The number of benzene rings is 1. The Morgan fingerprint density at radius 2 is 2.00 bits per heavy atom. The highest BCUT2D eigenvalue weighted by Gasteiger charge is 2.37. The maximum absolute atomic E-state index is 12.1. The number of amides is 1. The molecule has 0 fully saturated rings. The molecule has 20 heavy (non-hydrogen) atoms. The van der Waals surface area contributed by atoms with Gasteiger partial charge in [-0.3, -0.25) is 19.5 Å². The number of anilines is 1. The number of Topliss-reactive ketones (excluding diaryl/α,β-unsaturated/α-hetero) is 1. The summed E-state index contributed by atoms with van der Waals surface area (Å²) >= 11 is 6.01. The van der Waals surface area contributed by atoms with E-state index in [4.69, 9.17) is 11.6 Å². The number of rotatable bonds is 2. The molecule has 5 heteroatoms. The van der Waals surface area contributed by atoms with Gasteiger partial charge < -0.3 is 0 Å². The quantitative estimate of drug-likeness (QED) is 0.798. The molecule has 0 aliphatic carbocycles. The molecular formula is C15H11ClN2O2. The maximum atomic E-state index is 12.1. The van der Waals surface area contributed by atoms with E-state index in [0.717, 1.165) is 11.3 Å². The van der Waals surface area contributed by atoms with Crippen molar-refractivity contribution in [1.29, 1.82) is 0 Å². The lowest BCUT2D eigenvalue weighted by Gasteiger charge is -2.17. The van der Waals surface area contributed by atoms with E-state index in [1.165, 1.54) is 4.90 Å². The molecule has 1 aromatic heterocycles. The van der Waals surface area contributed by atoms with Crippen molar-refractivity contribution >= 4 is 29.0 Å². The van der Waals surface area contributed by atoms with Gasteiger partial charge in [0, 0.05) is 6.20 Å². The average Bonchev–Trinajstić information content (AvgIpc) is 2.67. The zero-order valence-electron chi connectivity index (χ0n) is 10.8. The fourth-order valence-electron chi connectivity index (χ4n) is 2.29. The average molecular weight is 287 g/mol. The van der Waals surface area contributed by atoms with Crippen molar-refractivity contribution < 1.29 is 9.59 Å². The molecule has 4 nitrogen and oxygen atoms in total. The summed E-state index contributed by atoms with van der Waals surface area (Å²) in [4.78, 5) is 29.8.